The largest absolute Gasteiger partial charge is 0.497 e. The molecule has 23 heavy (non-hydrogen) atoms. The number of esters is 1. The van der Waals surface area contributed by atoms with Crippen molar-refractivity contribution in [1.82, 2.24) is 0 Å². The molecule has 0 N–H and O–H groups in total. The zero-order chi connectivity index (χ0) is 16.8. The van der Waals surface area contributed by atoms with E-state index in [9.17, 15) is 4.79 Å². The lowest BCUT2D eigenvalue weighted by Gasteiger charge is -2.06. The maximum Gasteiger partial charge on any atom is 0.338 e. The zero-order valence-corrected chi connectivity index (χ0v) is 14.8. The summed E-state index contributed by atoms with van der Waals surface area (Å²) in [7, 11) is 1.59. The smallest absolute Gasteiger partial charge is 0.338 e. The minimum Gasteiger partial charge on any atom is -0.497 e. The fourth-order valence-electron chi connectivity index (χ4n) is 2.59. The first kappa shape index (κ1) is 19.5. The third kappa shape index (κ3) is 9.27. The lowest BCUT2D eigenvalue weighted by atomic mass is 10.1. The van der Waals surface area contributed by atoms with Gasteiger partial charge in [0.25, 0.3) is 0 Å². The molecule has 0 heterocycles. The highest BCUT2D eigenvalue weighted by Gasteiger charge is 2.07. The Morgan fingerprint density at radius 3 is 2.13 bits per heavy atom. The molecule has 0 amide bonds. The van der Waals surface area contributed by atoms with E-state index in [0.29, 0.717) is 17.9 Å². The Bertz CT molecular complexity index is 429. The van der Waals surface area contributed by atoms with E-state index in [1.807, 2.05) is 6.07 Å². The van der Waals surface area contributed by atoms with Crippen molar-refractivity contribution < 1.29 is 14.3 Å². The predicted molar refractivity (Wildman–Crippen MR) is 95.1 cm³/mol. The summed E-state index contributed by atoms with van der Waals surface area (Å²) in [6, 6.07) is 7.08. The van der Waals surface area contributed by atoms with Gasteiger partial charge in [-0.25, -0.2) is 4.79 Å². The highest BCUT2D eigenvalue weighted by Crippen LogP contribution is 2.14. The molecule has 0 aliphatic heterocycles. The normalized spacial score (nSPS) is 10.5. The average molecular weight is 320 g/mol. The molecule has 0 fully saturated rings. The molecule has 3 heteroatoms. The maximum absolute atomic E-state index is 11.9. The number of carbonyl (C=O) groups excluding carboxylic acids is 1. The van der Waals surface area contributed by atoms with Crippen LogP contribution in [0.4, 0.5) is 0 Å². The zero-order valence-electron chi connectivity index (χ0n) is 14.8. The Morgan fingerprint density at radius 2 is 1.52 bits per heavy atom. The van der Waals surface area contributed by atoms with Crippen LogP contribution in [0.3, 0.4) is 0 Å². The van der Waals surface area contributed by atoms with Crippen molar-refractivity contribution >= 4 is 5.97 Å². The van der Waals surface area contributed by atoms with Gasteiger partial charge in [0.15, 0.2) is 0 Å². The molecule has 130 valence electrons. The van der Waals surface area contributed by atoms with Gasteiger partial charge in [-0.05, 0) is 24.6 Å². The van der Waals surface area contributed by atoms with E-state index in [-0.39, 0.29) is 5.97 Å². The molecule has 1 aromatic rings. The highest BCUT2D eigenvalue weighted by atomic mass is 16.5. The van der Waals surface area contributed by atoms with Crippen LogP contribution in [0.1, 0.15) is 81.5 Å². The van der Waals surface area contributed by atoms with Crippen molar-refractivity contribution in [2.24, 2.45) is 0 Å². The molecule has 0 radical (unpaired) electrons. The number of unbranched alkanes of at least 4 members (excludes halogenated alkanes) is 9. The van der Waals surface area contributed by atoms with Gasteiger partial charge in [-0.3, -0.25) is 0 Å². The lowest BCUT2D eigenvalue weighted by molar-refractivity contribution is 0.0497. The quantitative estimate of drug-likeness (QED) is 0.342. The molecule has 0 saturated carbocycles. The van der Waals surface area contributed by atoms with Gasteiger partial charge in [0.2, 0.25) is 0 Å². The molecule has 0 aromatic heterocycles. The summed E-state index contributed by atoms with van der Waals surface area (Å²) in [6.45, 7) is 2.76. The van der Waals surface area contributed by atoms with Crippen molar-refractivity contribution in [2.75, 3.05) is 13.7 Å². The van der Waals surface area contributed by atoms with Crippen LogP contribution in [0.25, 0.3) is 0 Å². The van der Waals surface area contributed by atoms with Crippen molar-refractivity contribution in [3.05, 3.63) is 29.8 Å². The number of ether oxygens (including phenoxy) is 2. The van der Waals surface area contributed by atoms with E-state index in [0.717, 1.165) is 12.8 Å². The molecule has 0 aliphatic carbocycles. The van der Waals surface area contributed by atoms with E-state index >= 15 is 0 Å². The predicted octanol–water partition coefficient (Wildman–Crippen LogP) is 5.77. The van der Waals surface area contributed by atoms with Crippen LogP contribution in [0, 0.1) is 0 Å². The van der Waals surface area contributed by atoms with Gasteiger partial charge >= 0.3 is 5.97 Å². The first-order chi connectivity index (χ1) is 11.3. The summed E-state index contributed by atoms with van der Waals surface area (Å²) >= 11 is 0. The van der Waals surface area contributed by atoms with Gasteiger partial charge in [0, 0.05) is 0 Å². The first-order valence-corrected chi connectivity index (χ1v) is 9.09. The van der Waals surface area contributed by atoms with Gasteiger partial charge in [-0.1, -0.05) is 70.8 Å². The summed E-state index contributed by atoms with van der Waals surface area (Å²) in [5, 5.41) is 0. The number of hydrogen-bond donors (Lipinski definition) is 0. The monoisotopic (exact) mass is 320 g/mol. The van der Waals surface area contributed by atoms with Crippen LogP contribution in [-0.2, 0) is 4.74 Å². The maximum atomic E-state index is 11.9. The second kappa shape index (κ2) is 13.0. The van der Waals surface area contributed by atoms with E-state index in [4.69, 9.17) is 9.47 Å². The Kier molecular flexibility index (Phi) is 11.0. The third-order valence-electron chi connectivity index (χ3n) is 4.04. The number of rotatable bonds is 13. The second-order valence-electron chi connectivity index (χ2n) is 6.05. The molecule has 0 bridgehead atoms. The van der Waals surface area contributed by atoms with E-state index in [1.54, 1.807) is 25.3 Å². The standard InChI is InChI=1S/C20H32O3/c1-3-4-5-6-7-8-9-10-11-12-16-23-20(21)18-14-13-15-19(17-18)22-2/h13-15,17H,3-12,16H2,1-2H3. The number of methoxy groups -OCH3 is 1. The van der Waals surface area contributed by atoms with Crippen LogP contribution in [0.5, 0.6) is 5.75 Å². The Balaban J connectivity index is 1.99. The van der Waals surface area contributed by atoms with E-state index in [1.165, 1.54) is 51.4 Å². The minimum absolute atomic E-state index is 0.264. The van der Waals surface area contributed by atoms with Crippen LogP contribution >= 0.6 is 0 Å². The molecule has 0 spiro atoms. The van der Waals surface area contributed by atoms with E-state index < -0.39 is 0 Å². The molecule has 0 unspecified atom stereocenters. The van der Waals surface area contributed by atoms with Crippen LogP contribution in [0.15, 0.2) is 24.3 Å². The van der Waals surface area contributed by atoms with Crippen LogP contribution < -0.4 is 4.74 Å². The number of hydrogen-bond acceptors (Lipinski definition) is 3. The van der Waals surface area contributed by atoms with Crippen molar-refractivity contribution in [1.29, 1.82) is 0 Å². The van der Waals surface area contributed by atoms with Crippen molar-refractivity contribution in [3.63, 3.8) is 0 Å². The molecular weight excluding hydrogens is 288 g/mol. The van der Waals surface area contributed by atoms with Crippen molar-refractivity contribution in [3.8, 4) is 5.75 Å². The minimum atomic E-state index is -0.264. The lowest BCUT2D eigenvalue weighted by Crippen LogP contribution is -2.06. The van der Waals surface area contributed by atoms with Crippen LogP contribution in [0.2, 0.25) is 0 Å². The molecule has 0 atom stereocenters. The van der Waals surface area contributed by atoms with Crippen molar-refractivity contribution in [2.45, 2.75) is 71.1 Å². The summed E-state index contributed by atoms with van der Waals surface area (Å²) < 4.78 is 10.4. The van der Waals surface area contributed by atoms with Crippen LogP contribution in [-0.4, -0.2) is 19.7 Å². The molecule has 1 aromatic carbocycles. The number of benzene rings is 1. The molecule has 3 nitrogen and oxygen atoms in total. The second-order valence-corrected chi connectivity index (χ2v) is 6.05. The average Bonchev–Trinajstić information content (AvgIpc) is 2.59. The Labute approximate surface area is 141 Å². The van der Waals surface area contributed by atoms with Gasteiger partial charge < -0.3 is 9.47 Å². The van der Waals surface area contributed by atoms with Gasteiger partial charge in [-0.2, -0.15) is 0 Å². The first-order valence-electron chi connectivity index (χ1n) is 9.09. The fourth-order valence-corrected chi connectivity index (χ4v) is 2.59. The van der Waals surface area contributed by atoms with Gasteiger partial charge in [0.05, 0.1) is 19.3 Å². The highest BCUT2D eigenvalue weighted by molar-refractivity contribution is 5.89. The Morgan fingerprint density at radius 1 is 0.913 bits per heavy atom. The van der Waals surface area contributed by atoms with Gasteiger partial charge in [0.1, 0.15) is 5.75 Å². The summed E-state index contributed by atoms with van der Waals surface area (Å²) in [5.41, 5.74) is 0.552. The fraction of sp³-hybridized carbons (Fsp3) is 0.650. The summed E-state index contributed by atoms with van der Waals surface area (Å²) in [6.07, 6.45) is 12.8. The molecular formula is C20H32O3. The molecule has 0 aliphatic rings. The molecule has 0 saturated heterocycles. The third-order valence-corrected chi connectivity index (χ3v) is 4.04. The van der Waals surface area contributed by atoms with E-state index in [2.05, 4.69) is 6.92 Å². The SMILES string of the molecule is CCCCCCCCCCCCOC(=O)c1cccc(OC)c1. The molecule has 1 rings (SSSR count). The Hall–Kier alpha value is -1.51. The number of carbonyl (C=O) groups is 1. The topological polar surface area (TPSA) is 35.5 Å². The summed E-state index contributed by atoms with van der Waals surface area (Å²) in [5.74, 6) is 0.415. The summed E-state index contributed by atoms with van der Waals surface area (Å²) in [4.78, 5) is 11.9. The van der Waals surface area contributed by atoms with Gasteiger partial charge in [-0.15, -0.1) is 0 Å².